The summed E-state index contributed by atoms with van der Waals surface area (Å²) < 4.78 is 5.58. The minimum absolute atomic E-state index is 0.0749. The van der Waals surface area contributed by atoms with Gasteiger partial charge in [0.1, 0.15) is 5.75 Å². The molecule has 3 rings (SSSR count). The fraction of sp³-hybridized carbons (Fsp3) is 0.562. The Kier molecular flexibility index (Phi) is 4.01. The lowest BCUT2D eigenvalue weighted by atomic mass is 10.1. The SMILES string of the molecule is CC1CN2CCCC2CN1C(=O)COc1ccc(N)cc1. The molecule has 0 saturated carbocycles. The highest BCUT2D eigenvalue weighted by molar-refractivity contribution is 5.78. The third-order valence-electron chi connectivity index (χ3n) is 4.50. The number of amides is 1. The fourth-order valence-corrected chi connectivity index (χ4v) is 3.33. The Labute approximate surface area is 125 Å². The van der Waals surface area contributed by atoms with Crippen LogP contribution < -0.4 is 10.5 Å². The normalized spacial score (nSPS) is 25.7. The van der Waals surface area contributed by atoms with Crippen molar-refractivity contribution in [3.8, 4) is 5.75 Å². The number of anilines is 1. The number of nitrogens with two attached hydrogens (primary N) is 1. The van der Waals surface area contributed by atoms with Crippen LogP contribution in [0, 0.1) is 0 Å². The number of hydrogen-bond acceptors (Lipinski definition) is 4. The summed E-state index contributed by atoms with van der Waals surface area (Å²) in [6, 6.07) is 7.95. The van der Waals surface area contributed by atoms with E-state index in [1.165, 1.54) is 19.4 Å². The van der Waals surface area contributed by atoms with Gasteiger partial charge in [-0.3, -0.25) is 9.69 Å². The second-order valence-corrected chi connectivity index (χ2v) is 6.04. The van der Waals surface area contributed by atoms with Crippen LogP contribution in [0.2, 0.25) is 0 Å². The number of rotatable bonds is 3. The second-order valence-electron chi connectivity index (χ2n) is 6.04. The van der Waals surface area contributed by atoms with Crippen molar-refractivity contribution < 1.29 is 9.53 Å². The van der Waals surface area contributed by atoms with Gasteiger partial charge in [0.15, 0.2) is 6.61 Å². The maximum absolute atomic E-state index is 12.4. The highest BCUT2D eigenvalue weighted by Crippen LogP contribution is 2.24. The van der Waals surface area contributed by atoms with E-state index in [1.54, 1.807) is 24.3 Å². The second kappa shape index (κ2) is 5.93. The molecule has 2 fully saturated rings. The first-order chi connectivity index (χ1) is 10.1. The molecular formula is C16H23N3O2. The summed E-state index contributed by atoms with van der Waals surface area (Å²) in [5.74, 6) is 0.760. The van der Waals surface area contributed by atoms with Crippen LogP contribution in [0.4, 0.5) is 5.69 Å². The molecule has 0 aliphatic carbocycles. The Balaban J connectivity index is 1.56. The Morgan fingerprint density at radius 1 is 1.33 bits per heavy atom. The number of nitrogen functional groups attached to an aromatic ring is 1. The number of hydrogen-bond donors (Lipinski definition) is 1. The Bertz CT molecular complexity index is 503. The van der Waals surface area contributed by atoms with Gasteiger partial charge in [0, 0.05) is 30.9 Å². The molecule has 2 saturated heterocycles. The van der Waals surface area contributed by atoms with E-state index < -0.39 is 0 Å². The van der Waals surface area contributed by atoms with Gasteiger partial charge >= 0.3 is 0 Å². The number of fused-ring (bicyclic) bond motifs is 1. The number of ether oxygens (including phenoxy) is 1. The minimum atomic E-state index is 0.0749. The van der Waals surface area contributed by atoms with Crippen LogP contribution in [0.1, 0.15) is 19.8 Å². The molecule has 2 aliphatic rings. The van der Waals surface area contributed by atoms with Gasteiger partial charge < -0.3 is 15.4 Å². The molecule has 1 amide bonds. The topological polar surface area (TPSA) is 58.8 Å². The summed E-state index contributed by atoms with van der Waals surface area (Å²) in [7, 11) is 0. The lowest BCUT2D eigenvalue weighted by Crippen LogP contribution is -2.57. The van der Waals surface area contributed by atoms with Crippen molar-refractivity contribution in [1.82, 2.24) is 9.80 Å². The highest BCUT2D eigenvalue weighted by atomic mass is 16.5. The molecule has 2 heterocycles. The molecular weight excluding hydrogens is 266 g/mol. The van der Waals surface area contributed by atoms with Crippen molar-refractivity contribution >= 4 is 11.6 Å². The predicted molar refractivity (Wildman–Crippen MR) is 82.1 cm³/mol. The van der Waals surface area contributed by atoms with Gasteiger partial charge in [-0.25, -0.2) is 0 Å². The zero-order chi connectivity index (χ0) is 14.8. The van der Waals surface area contributed by atoms with Crippen molar-refractivity contribution in [2.24, 2.45) is 0 Å². The third kappa shape index (κ3) is 3.13. The van der Waals surface area contributed by atoms with Gasteiger partial charge in [-0.2, -0.15) is 0 Å². The average molecular weight is 289 g/mol. The molecule has 1 aromatic carbocycles. The van der Waals surface area contributed by atoms with Gasteiger partial charge in [-0.05, 0) is 50.6 Å². The van der Waals surface area contributed by atoms with Crippen molar-refractivity contribution in [2.75, 3.05) is 32.0 Å². The third-order valence-corrected chi connectivity index (χ3v) is 4.50. The quantitative estimate of drug-likeness (QED) is 0.853. The lowest BCUT2D eigenvalue weighted by Gasteiger charge is -2.42. The Morgan fingerprint density at radius 2 is 2.10 bits per heavy atom. The zero-order valence-electron chi connectivity index (χ0n) is 12.5. The van der Waals surface area contributed by atoms with E-state index >= 15 is 0 Å². The van der Waals surface area contributed by atoms with Crippen LogP contribution >= 0.6 is 0 Å². The van der Waals surface area contributed by atoms with Gasteiger partial charge in [-0.15, -0.1) is 0 Å². The summed E-state index contributed by atoms with van der Waals surface area (Å²) in [6.07, 6.45) is 2.46. The molecule has 1 aromatic rings. The molecule has 2 N–H and O–H groups in total. The Morgan fingerprint density at radius 3 is 2.86 bits per heavy atom. The molecule has 2 atom stereocenters. The van der Waals surface area contributed by atoms with Crippen LogP contribution in [0.3, 0.4) is 0 Å². The molecule has 5 heteroatoms. The Hall–Kier alpha value is -1.75. The van der Waals surface area contributed by atoms with E-state index in [2.05, 4.69) is 11.8 Å². The summed E-state index contributed by atoms with van der Waals surface area (Å²) >= 11 is 0. The molecule has 5 nitrogen and oxygen atoms in total. The maximum atomic E-state index is 12.4. The van der Waals surface area contributed by atoms with Crippen LogP contribution in [0.25, 0.3) is 0 Å². The van der Waals surface area contributed by atoms with E-state index in [4.69, 9.17) is 10.5 Å². The first-order valence-electron chi connectivity index (χ1n) is 7.65. The molecule has 2 unspecified atom stereocenters. The van der Waals surface area contributed by atoms with E-state index in [0.29, 0.717) is 17.5 Å². The zero-order valence-corrected chi connectivity index (χ0v) is 12.5. The molecule has 0 aromatic heterocycles. The first-order valence-corrected chi connectivity index (χ1v) is 7.65. The number of carbonyl (C=O) groups is 1. The largest absolute Gasteiger partial charge is 0.484 e. The van der Waals surface area contributed by atoms with Crippen molar-refractivity contribution in [1.29, 1.82) is 0 Å². The van der Waals surface area contributed by atoms with Crippen LogP contribution in [-0.2, 0) is 4.79 Å². The number of piperazine rings is 1. The van der Waals surface area contributed by atoms with E-state index in [1.807, 2.05) is 4.90 Å². The van der Waals surface area contributed by atoms with Gasteiger partial charge in [0.05, 0.1) is 0 Å². The molecule has 21 heavy (non-hydrogen) atoms. The summed E-state index contributed by atoms with van der Waals surface area (Å²) in [6.45, 7) is 5.22. The summed E-state index contributed by atoms with van der Waals surface area (Å²) in [5.41, 5.74) is 6.33. The highest BCUT2D eigenvalue weighted by Gasteiger charge is 2.36. The van der Waals surface area contributed by atoms with Gasteiger partial charge in [0.2, 0.25) is 0 Å². The molecule has 0 bridgehead atoms. The lowest BCUT2D eigenvalue weighted by molar-refractivity contribution is -0.138. The van der Waals surface area contributed by atoms with Crippen LogP contribution in [0.5, 0.6) is 5.75 Å². The molecule has 0 radical (unpaired) electrons. The predicted octanol–water partition coefficient (Wildman–Crippen LogP) is 1.34. The van der Waals surface area contributed by atoms with Crippen molar-refractivity contribution in [3.63, 3.8) is 0 Å². The number of nitrogens with zero attached hydrogens (tertiary/aromatic N) is 2. The standard InChI is InChI=1S/C16H23N3O2/c1-12-9-18-8-2-3-14(18)10-19(12)16(20)11-21-15-6-4-13(17)5-7-15/h4-7,12,14H,2-3,8-11,17H2,1H3. The maximum Gasteiger partial charge on any atom is 0.260 e. The average Bonchev–Trinajstić information content (AvgIpc) is 2.92. The van der Waals surface area contributed by atoms with Crippen molar-refractivity contribution in [3.05, 3.63) is 24.3 Å². The van der Waals surface area contributed by atoms with Crippen LogP contribution in [-0.4, -0.2) is 54.0 Å². The van der Waals surface area contributed by atoms with E-state index in [-0.39, 0.29) is 18.6 Å². The number of carbonyl (C=O) groups excluding carboxylic acids is 1. The smallest absolute Gasteiger partial charge is 0.260 e. The monoisotopic (exact) mass is 289 g/mol. The summed E-state index contributed by atoms with van der Waals surface area (Å²) in [5, 5.41) is 0. The van der Waals surface area contributed by atoms with Gasteiger partial charge in [-0.1, -0.05) is 0 Å². The first kappa shape index (κ1) is 14.2. The van der Waals surface area contributed by atoms with E-state index in [9.17, 15) is 4.79 Å². The van der Waals surface area contributed by atoms with Crippen LogP contribution in [0.15, 0.2) is 24.3 Å². The fourth-order valence-electron chi connectivity index (χ4n) is 3.33. The van der Waals surface area contributed by atoms with Crippen molar-refractivity contribution in [2.45, 2.75) is 31.8 Å². The molecule has 0 spiro atoms. The molecule has 2 aliphatic heterocycles. The minimum Gasteiger partial charge on any atom is -0.484 e. The number of benzene rings is 1. The van der Waals surface area contributed by atoms with Gasteiger partial charge in [0.25, 0.3) is 5.91 Å². The van der Waals surface area contributed by atoms with E-state index in [0.717, 1.165) is 13.1 Å². The molecule has 114 valence electrons. The summed E-state index contributed by atoms with van der Waals surface area (Å²) in [4.78, 5) is 16.9.